The molecule has 0 atom stereocenters. The molecule has 0 N–H and O–H groups in total. The third kappa shape index (κ3) is 3.81. The van der Waals surface area contributed by atoms with Gasteiger partial charge in [-0.15, -0.1) is 0 Å². The minimum Gasteiger partial charge on any atom is -0.483 e. The Balaban J connectivity index is 2.73. The average molecular weight is 281 g/mol. The van der Waals surface area contributed by atoms with Crippen LogP contribution in [0.4, 0.5) is 4.39 Å². The zero-order valence-electron chi connectivity index (χ0n) is 7.96. The van der Waals surface area contributed by atoms with Gasteiger partial charge in [-0.25, -0.2) is 4.39 Å². The van der Waals surface area contributed by atoms with Crippen LogP contribution in [0.2, 0.25) is 0 Å². The van der Waals surface area contributed by atoms with Crippen LogP contribution in [0.25, 0.3) is 0 Å². The lowest BCUT2D eigenvalue weighted by atomic mass is 10.3. The summed E-state index contributed by atoms with van der Waals surface area (Å²) in [5, 5.41) is 0. The van der Waals surface area contributed by atoms with Gasteiger partial charge in [-0.2, -0.15) is 0 Å². The van der Waals surface area contributed by atoms with E-state index in [0.717, 1.165) is 0 Å². The fraction of sp³-hybridized carbons (Fsp3) is 0.333. The van der Waals surface area contributed by atoms with Gasteiger partial charge in [0.25, 0.3) is 0 Å². The first kappa shape index (κ1) is 11.7. The fourth-order valence-corrected chi connectivity index (χ4v) is 1.60. The molecule has 1 aromatic rings. The molecule has 0 aliphatic carbocycles. The molecule has 0 fully saturated rings. The molecule has 0 heterocycles. The zero-order valence-corrected chi connectivity index (χ0v) is 10.4. The molecule has 0 saturated heterocycles. The van der Waals surface area contributed by atoms with Crippen LogP contribution in [0.5, 0.6) is 5.75 Å². The number of rotatable bonds is 3. The highest BCUT2D eigenvalue weighted by atomic mass is 79.9. The van der Waals surface area contributed by atoms with Crippen LogP contribution in [-0.4, -0.2) is 19.7 Å². The molecular formula is C9H11BrFO2P. The molecule has 0 radical (unpaired) electrons. The predicted molar refractivity (Wildman–Crippen MR) is 59.0 cm³/mol. The maximum atomic E-state index is 13.2. The summed E-state index contributed by atoms with van der Waals surface area (Å²) in [5.74, 6) is -0.315. The van der Waals surface area contributed by atoms with Crippen molar-refractivity contribution in [2.75, 3.05) is 19.7 Å². The van der Waals surface area contributed by atoms with Crippen LogP contribution in [0.3, 0.4) is 0 Å². The first-order valence-corrected chi connectivity index (χ1v) is 7.58. The molecule has 1 rings (SSSR count). The van der Waals surface area contributed by atoms with Crippen molar-refractivity contribution in [3.8, 4) is 5.75 Å². The highest BCUT2D eigenvalue weighted by molar-refractivity contribution is 9.10. The number of ether oxygens (including phenoxy) is 1. The van der Waals surface area contributed by atoms with Crippen LogP contribution in [0.1, 0.15) is 0 Å². The van der Waals surface area contributed by atoms with Gasteiger partial charge in [0.05, 0.1) is 0 Å². The fourth-order valence-electron chi connectivity index (χ4n) is 0.817. The van der Waals surface area contributed by atoms with E-state index in [0.29, 0.717) is 4.47 Å². The summed E-state index contributed by atoms with van der Waals surface area (Å²) in [4.78, 5) is 0. The minimum atomic E-state index is -2.26. The Morgan fingerprint density at radius 2 is 2.14 bits per heavy atom. The Bertz CT molecular complexity index is 375. The quantitative estimate of drug-likeness (QED) is 0.792. The van der Waals surface area contributed by atoms with E-state index in [4.69, 9.17) is 4.74 Å². The highest BCUT2D eigenvalue weighted by Gasteiger charge is 2.10. The largest absolute Gasteiger partial charge is 0.483 e. The molecule has 0 unspecified atom stereocenters. The van der Waals surface area contributed by atoms with Crippen LogP contribution in [0.15, 0.2) is 22.7 Å². The van der Waals surface area contributed by atoms with Gasteiger partial charge in [0.15, 0.2) is 11.6 Å². The zero-order chi connectivity index (χ0) is 10.8. The SMILES string of the molecule is CP(C)(=O)COc1ccc(Br)cc1F. The van der Waals surface area contributed by atoms with Crippen LogP contribution >= 0.6 is 23.1 Å². The number of benzene rings is 1. The predicted octanol–water partition coefficient (Wildman–Crippen LogP) is 3.55. The summed E-state index contributed by atoms with van der Waals surface area (Å²) in [7, 11) is -2.26. The van der Waals surface area contributed by atoms with E-state index >= 15 is 0 Å². The van der Waals surface area contributed by atoms with Gasteiger partial charge in [-0.05, 0) is 31.5 Å². The van der Waals surface area contributed by atoms with Crippen LogP contribution in [0, 0.1) is 5.82 Å². The number of hydrogen-bond acceptors (Lipinski definition) is 2. The summed E-state index contributed by atoms with van der Waals surface area (Å²) in [6, 6.07) is 4.50. The topological polar surface area (TPSA) is 26.3 Å². The van der Waals surface area contributed by atoms with E-state index in [9.17, 15) is 8.96 Å². The van der Waals surface area contributed by atoms with Gasteiger partial charge in [0.1, 0.15) is 13.5 Å². The Hall–Kier alpha value is -0.340. The Kier molecular flexibility index (Phi) is 3.73. The summed E-state index contributed by atoms with van der Waals surface area (Å²) in [5.41, 5.74) is 0. The number of halogens is 2. The van der Waals surface area contributed by atoms with E-state index in [1.54, 1.807) is 19.4 Å². The van der Waals surface area contributed by atoms with Crippen molar-refractivity contribution in [3.63, 3.8) is 0 Å². The lowest BCUT2D eigenvalue weighted by molar-refractivity contribution is 0.356. The first-order chi connectivity index (χ1) is 6.38. The smallest absolute Gasteiger partial charge is 0.166 e. The Labute approximate surface area is 91.0 Å². The minimum absolute atomic E-state index is 0.0611. The molecule has 0 aromatic heterocycles. The van der Waals surface area contributed by atoms with Crippen molar-refractivity contribution in [1.29, 1.82) is 0 Å². The van der Waals surface area contributed by atoms with E-state index in [1.807, 2.05) is 0 Å². The van der Waals surface area contributed by atoms with E-state index in [2.05, 4.69) is 15.9 Å². The molecule has 0 spiro atoms. The normalized spacial score (nSPS) is 11.4. The lowest BCUT2D eigenvalue weighted by Gasteiger charge is -2.10. The van der Waals surface area contributed by atoms with Crippen molar-refractivity contribution < 1.29 is 13.7 Å². The van der Waals surface area contributed by atoms with Gasteiger partial charge in [-0.3, -0.25) is 0 Å². The Morgan fingerprint density at radius 1 is 1.50 bits per heavy atom. The highest BCUT2D eigenvalue weighted by Crippen LogP contribution is 2.36. The van der Waals surface area contributed by atoms with Gasteiger partial charge in [0, 0.05) is 4.47 Å². The molecule has 14 heavy (non-hydrogen) atoms. The van der Waals surface area contributed by atoms with Crippen molar-refractivity contribution >= 4 is 23.1 Å². The standard InChI is InChI=1S/C9H11BrFO2P/c1-14(2,12)6-13-9-4-3-7(10)5-8(9)11/h3-5H,6H2,1-2H3. The van der Waals surface area contributed by atoms with E-state index in [1.165, 1.54) is 12.1 Å². The second-order valence-corrected chi connectivity index (χ2v) is 7.74. The summed E-state index contributed by atoms with van der Waals surface area (Å²) in [6.45, 7) is 3.20. The first-order valence-electron chi connectivity index (χ1n) is 4.00. The molecule has 0 amide bonds. The maximum absolute atomic E-state index is 13.2. The molecular weight excluding hydrogens is 270 g/mol. The van der Waals surface area contributed by atoms with Gasteiger partial charge >= 0.3 is 0 Å². The molecule has 0 saturated carbocycles. The lowest BCUT2D eigenvalue weighted by Crippen LogP contribution is -1.98. The van der Waals surface area contributed by atoms with Crippen LogP contribution in [-0.2, 0) is 4.57 Å². The second kappa shape index (κ2) is 4.45. The molecule has 0 bridgehead atoms. The third-order valence-corrected chi connectivity index (χ3v) is 2.67. The summed E-state index contributed by atoms with van der Waals surface area (Å²) >= 11 is 3.14. The van der Waals surface area contributed by atoms with E-state index in [-0.39, 0.29) is 12.1 Å². The summed E-state index contributed by atoms with van der Waals surface area (Å²) < 4.78 is 30.2. The van der Waals surface area contributed by atoms with Gasteiger partial charge < -0.3 is 9.30 Å². The Morgan fingerprint density at radius 3 is 2.64 bits per heavy atom. The van der Waals surface area contributed by atoms with E-state index < -0.39 is 13.0 Å². The molecule has 5 heteroatoms. The van der Waals surface area contributed by atoms with Crippen molar-refractivity contribution in [2.24, 2.45) is 0 Å². The molecule has 0 aliphatic rings. The molecule has 78 valence electrons. The van der Waals surface area contributed by atoms with Crippen molar-refractivity contribution in [3.05, 3.63) is 28.5 Å². The summed E-state index contributed by atoms with van der Waals surface area (Å²) in [6.07, 6.45) is 0.0611. The number of hydrogen-bond donors (Lipinski definition) is 0. The average Bonchev–Trinajstić information content (AvgIpc) is 2.00. The van der Waals surface area contributed by atoms with Gasteiger partial charge in [0.2, 0.25) is 0 Å². The maximum Gasteiger partial charge on any atom is 0.166 e. The second-order valence-electron chi connectivity index (χ2n) is 3.42. The van der Waals surface area contributed by atoms with Crippen LogP contribution < -0.4 is 4.74 Å². The van der Waals surface area contributed by atoms with Gasteiger partial charge in [-0.1, -0.05) is 15.9 Å². The monoisotopic (exact) mass is 280 g/mol. The van der Waals surface area contributed by atoms with Crippen molar-refractivity contribution in [2.45, 2.75) is 0 Å². The van der Waals surface area contributed by atoms with Crippen molar-refractivity contribution in [1.82, 2.24) is 0 Å². The molecule has 2 nitrogen and oxygen atoms in total. The molecule has 1 aromatic carbocycles. The third-order valence-electron chi connectivity index (χ3n) is 1.42. The molecule has 0 aliphatic heterocycles.